The molecule has 0 fully saturated rings. The molecule has 1 rings (SSSR count). The summed E-state index contributed by atoms with van der Waals surface area (Å²) >= 11 is 0. The van der Waals surface area contributed by atoms with E-state index in [1.807, 2.05) is 0 Å². The molecule has 1 aromatic heterocycles. The van der Waals surface area contributed by atoms with Crippen molar-refractivity contribution in [2.75, 3.05) is 20.3 Å². The van der Waals surface area contributed by atoms with Crippen LogP contribution >= 0.6 is 0 Å². The van der Waals surface area contributed by atoms with Gasteiger partial charge >= 0.3 is 0 Å². The first-order valence-electron chi connectivity index (χ1n) is 5.73. The first kappa shape index (κ1) is 14.5. The average Bonchev–Trinajstić information content (AvgIpc) is 2.35. The van der Waals surface area contributed by atoms with Gasteiger partial charge in [-0.1, -0.05) is 0 Å². The van der Waals surface area contributed by atoms with Crippen LogP contribution in [0.4, 0.5) is 0 Å². The Morgan fingerprint density at radius 2 is 2.22 bits per heavy atom. The second-order valence-electron chi connectivity index (χ2n) is 4.47. The zero-order chi connectivity index (χ0) is 13.6. The summed E-state index contributed by atoms with van der Waals surface area (Å²) in [5.74, 6) is -0.347. The van der Waals surface area contributed by atoms with Gasteiger partial charge in [-0.25, -0.2) is 4.98 Å². The number of carbonyl (C=O) groups is 1. The van der Waals surface area contributed by atoms with Crippen LogP contribution < -0.4 is 5.32 Å². The second kappa shape index (κ2) is 6.42. The molecule has 18 heavy (non-hydrogen) atoms. The van der Waals surface area contributed by atoms with Gasteiger partial charge in [-0.15, -0.1) is 0 Å². The molecule has 0 aliphatic heterocycles. The number of rotatable bonds is 6. The highest BCUT2D eigenvalue weighted by molar-refractivity contribution is 5.91. The maximum absolute atomic E-state index is 11.7. The van der Waals surface area contributed by atoms with Crippen LogP contribution in [0.15, 0.2) is 12.4 Å². The van der Waals surface area contributed by atoms with Gasteiger partial charge in [0.25, 0.3) is 5.91 Å². The van der Waals surface area contributed by atoms with E-state index in [1.165, 1.54) is 12.4 Å². The highest BCUT2D eigenvalue weighted by atomic mass is 16.5. The van der Waals surface area contributed by atoms with Gasteiger partial charge in [0.05, 0.1) is 17.5 Å². The highest BCUT2D eigenvalue weighted by Gasteiger charge is 2.21. The number of aryl methyl sites for hydroxylation is 1. The lowest BCUT2D eigenvalue weighted by molar-refractivity contribution is 0.0243. The molecule has 0 aromatic carbocycles. The lowest BCUT2D eigenvalue weighted by atomic mass is 10.0. The molecule has 0 bridgehead atoms. The van der Waals surface area contributed by atoms with Crippen molar-refractivity contribution < 1.29 is 14.6 Å². The van der Waals surface area contributed by atoms with Crippen LogP contribution in [0.5, 0.6) is 0 Å². The third kappa shape index (κ3) is 4.77. The van der Waals surface area contributed by atoms with Crippen molar-refractivity contribution in [1.29, 1.82) is 0 Å². The molecule has 1 aromatic rings. The van der Waals surface area contributed by atoms with Gasteiger partial charge in [0, 0.05) is 32.9 Å². The van der Waals surface area contributed by atoms with E-state index in [4.69, 9.17) is 4.74 Å². The Balaban J connectivity index is 2.48. The Kier molecular flexibility index (Phi) is 5.18. The third-order valence-corrected chi connectivity index (χ3v) is 2.49. The van der Waals surface area contributed by atoms with Gasteiger partial charge in [0.1, 0.15) is 5.69 Å². The Bertz CT molecular complexity index is 390. The molecule has 0 aliphatic carbocycles. The van der Waals surface area contributed by atoms with Gasteiger partial charge in [-0.3, -0.25) is 9.78 Å². The monoisotopic (exact) mass is 253 g/mol. The molecule has 100 valence electrons. The molecule has 0 aliphatic rings. The van der Waals surface area contributed by atoms with E-state index in [2.05, 4.69) is 15.3 Å². The lowest BCUT2D eigenvalue weighted by Gasteiger charge is -2.23. The van der Waals surface area contributed by atoms with Crippen LogP contribution in [0.3, 0.4) is 0 Å². The van der Waals surface area contributed by atoms with Gasteiger partial charge in [0.2, 0.25) is 0 Å². The number of hydrogen-bond acceptors (Lipinski definition) is 5. The van der Waals surface area contributed by atoms with Crippen LogP contribution in [0, 0.1) is 6.92 Å². The molecule has 0 saturated heterocycles. The van der Waals surface area contributed by atoms with E-state index in [9.17, 15) is 9.90 Å². The van der Waals surface area contributed by atoms with Crippen molar-refractivity contribution in [1.82, 2.24) is 15.3 Å². The zero-order valence-corrected chi connectivity index (χ0v) is 10.9. The fraction of sp³-hybridized carbons (Fsp3) is 0.583. The van der Waals surface area contributed by atoms with E-state index < -0.39 is 5.60 Å². The number of amides is 1. The molecule has 0 spiro atoms. The molecule has 0 saturated carbocycles. The summed E-state index contributed by atoms with van der Waals surface area (Å²) in [6.07, 6.45) is 3.38. The molecular weight excluding hydrogens is 234 g/mol. The summed E-state index contributed by atoms with van der Waals surface area (Å²) in [4.78, 5) is 19.7. The molecule has 1 unspecified atom stereocenters. The number of hydrogen-bond donors (Lipinski definition) is 2. The summed E-state index contributed by atoms with van der Waals surface area (Å²) in [7, 11) is 1.57. The number of ether oxygens (including phenoxy) is 1. The van der Waals surface area contributed by atoms with Crippen molar-refractivity contribution in [3.8, 4) is 0 Å². The van der Waals surface area contributed by atoms with Gasteiger partial charge in [0.15, 0.2) is 0 Å². The molecule has 1 atom stereocenters. The Hall–Kier alpha value is -1.53. The van der Waals surface area contributed by atoms with Gasteiger partial charge in [-0.2, -0.15) is 0 Å². The number of methoxy groups -OCH3 is 1. The normalized spacial score (nSPS) is 14.0. The topological polar surface area (TPSA) is 84.3 Å². The van der Waals surface area contributed by atoms with Crippen molar-refractivity contribution >= 4 is 5.91 Å². The van der Waals surface area contributed by atoms with E-state index in [-0.39, 0.29) is 18.1 Å². The van der Waals surface area contributed by atoms with Crippen LogP contribution in [0.1, 0.15) is 29.5 Å². The summed E-state index contributed by atoms with van der Waals surface area (Å²) in [6, 6.07) is 0. The zero-order valence-electron chi connectivity index (χ0n) is 10.9. The van der Waals surface area contributed by atoms with E-state index in [0.29, 0.717) is 13.0 Å². The highest BCUT2D eigenvalue weighted by Crippen LogP contribution is 2.07. The van der Waals surface area contributed by atoms with Crippen LogP contribution in [-0.2, 0) is 4.74 Å². The van der Waals surface area contributed by atoms with E-state index in [1.54, 1.807) is 21.0 Å². The summed E-state index contributed by atoms with van der Waals surface area (Å²) in [6.45, 7) is 4.02. The maximum Gasteiger partial charge on any atom is 0.271 e. The smallest absolute Gasteiger partial charge is 0.271 e. The second-order valence-corrected chi connectivity index (χ2v) is 4.47. The Morgan fingerprint density at radius 3 is 2.78 bits per heavy atom. The van der Waals surface area contributed by atoms with Crippen LogP contribution in [0.2, 0.25) is 0 Å². The first-order valence-corrected chi connectivity index (χ1v) is 5.73. The van der Waals surface area contributed by atoms with Crippen molar-refractivity contribution in [2.24, 2.45) is 0 Å². The molecule has 0 radical (unpaired) electrons. The summed E-state index contributed by atoms with van der Waals surface area (Å²) < 4.78 is 4.89. The summed E-state index contributed by atoms with van der Waals surface area (Å²) in [5.41, 5.74) is -0.00847. The SMILES string of the molecule is COCCC(C)(O)CNC(=O)c1cnc(C)cn1. The molecule has 2 N–H and O–H groups in total. The minimum Gasteiger partial charge on any atom is -0.388 e. The lowest BCUT2D eigenvalue weighted by Crippen LogP contribution is -2.41. The van der Waals surface area contributed by atoms with E-state index in [0.717, 1.165) is 5.69 Å². The first-order chi connectivity index (χ1) is 8.44. The van der Waals surface area contributed by atoms with Crippen molar-refractivity contribution in [3.63, 3.8) is 0 Å². The summed E-state index contributed by atoms with van der Waals surface area (Å²) in [5, 5.41) is 12.6. The number of nitrogens with one attached hydrogen (secondary N) is 1. The Labute approximate surface area is 106 Å². The largest absolute Gasteiger partial charge is 0.388 e. The van der Waals surface area contributed by atoms with Gasteiger partial charge < -0.3 is 15.2 Å². The molecule has 1 heterocycles. The number of aliphatic hydroxyl groups is 1. The van der Waals surface area contributed by atoms with Crippen molar-refractivity contribution in [2.45, 2.75) is 25.9 Å². The molecule has 6 heteroatoms. The fourth-order valence-corrected chi connectivity index (χ4v) is 1.28. The van der Waals surface area contributed by atoms with Crippen molar-refractivity contribution in [3.05, 3.63) is 23.8 Å². The molecule has 6 nitrogen and oxygen atoms in total. The third-order valence-electron chi connectivity index (χ3n) is 2.49. The fourth-order valence-electron chi connectivity index (χ4n) is 1.28. The predicted molar refractivity (Wildman–Crippen MR) is 66.2 cm³/mol. The van der Waals surface area contributed by atoms with Crippen LogP contribution in [-0.4, -0.2) is 46.8 Å². The van der Waals surface area contributed by atoms with Crippen LogP contribution in [0.25, 0.3) is 0 Å². The van der Waals surface area contributed by atoms with Gasteiger partial charge in [-0.05, 0) is 13.8 Å². The minimum absolute atomic E-state index is 0.144. The quantitative estimate of drug-likeness (QED) is 0.762. The predicted octanol–water partition coefficient (Wildman–Crippen LogP) is 0.302. The molecule has 1 amide bonds. The number of aromatic nitrogens is 2. The maximum atomic E-state index is 11.7. The standard InChI is InChI=1S/C12H19N3O3/c1-9-6-14-10(7-13-9)11(16)15-8-12(2,17)4-5-18-3/h6-7,17H,4-5,8H2,1-3H3,(H,15,16). The minimum atomic E-state index is -0.996. The van der Waals surface area contributed by atoms with E-state index >= 15 is 0 Å². The Morgan fingerprint density at radius 1 is 1.50 bits per heavy atom. The average molecular weight is 253 g/mol. The molecular formula is C12H19N3O3. The number of carbonyl (C=O) groups excluding carboxylic acids is 1. The number of nitrogens with zero attached hydrogens (tertiary/aromatic N) is 2.